The topological polar surface area (TPSA) is 83.8 Å². The number of hydrogen-bond acceptors (Lipinski definition) is 4. The molecule has 26 heavy (non-hydrogen) atoms. The molecule has 0 fully saturated rings. The van der Waals surface area contributed by atoms with E-state index in [0.29, 0.717) is 0 Å². The van der Waals surface area contributed by atoms with E-state index in [1.54, 1.807) is 6.08 Å². The fraction of sp³-hybridized carbons (Fsp3) is 0.550. The second kappa shape index (κ2) is 7.59. The van der Waals surface area contributed by atoms with Crippen molar-refractivity contribution in [2.45, 2.75) is 71.8 Å². The third-order valence-electron chi connectivity index (χ3n) is 4.08. The summed E-state index contributed by atoms with van der Waals surface area (Å²) >= 11 is 0. The van der Waals surface area contributed by atoms with Crippen LogP contribution in [0.2, 0.25) is 0 Å². The highest BCUT2D eigenvalue weighted by atomic mass is 31.1. The minimum absolute atomic E-state index is 0.268. The number of carbonyl (C=O) groups is 1. The maximum absolute atomic E-state index is 12.3. The first-order valence-corrected chi connectivity index (χ1v) is 9.64. The Morgan fingerprint density at radius 3 is 1.77 bits per heavy atom. The van der Waals surface area contributed by atoms with Crippen LogP contribution in [0.5, 0.6) is 5.75 Å². The summed E-state index contributed by atoms with van der Waals surface area (Å²) in [5.41, 5.74) is 0.438. The van der Waals surface area contributed by atoms with Crippen molar-refractivity contribution < 1.29 is 23.9 Å². The highest BCUT2D eigenvalue weighted by Crippen LogP contribution is 2.40. The Labute approximate surface area is 157 Å². The predicted octanol–water partition coefficient (Wildman–Crippen LogP) is 5.01. The van der Waals surface area contributed by atoms with Gasteiger partial charge in [-0.3, -0.25) is 4.79 Å². The van der Waals surface area contributed by atoms with Crippen molar-refractivity contribution in [1.29, 1.82) is 0 Å². The molecule has 0 amide bonds. The van der Waals surface area contributed by atoms with Crippen LogP contribution in [0.3, 0.4) is 0 Å². The molecular weight excluding hydrogens is 351 g/mol. The standard InChI is InChI=1S/C20H29O5P/c1-18(2,3)14-11-13(12-15(17(14)22)19(4,5)6)9-10-16(21)20(7,8)25-26(23)24/h9-12H,1-8H3,(H-,21,22,23,24)/p+1. The van der Waals surface area contributed by atoms with Gasteiger partial charge >= 0.3 is 8.25 Å². The zero-order chi connectivity index (χ0) is 20.5. The lowest BCUT2D eigenvalue weighted by Crippen LogP contribution is -2.31. The summed E-state index contributed by atoms with van der Waals surface area (Å²) in [5, 5.41) is 10.7. The minimum atomic E-state index is -2.87. The largest absolute Gasteiger partial charge is 0.695 e. The number of phenolic OH excluding ortho intramolecular Hbond substituents is 1. The Kier molecular flexibility index (Phi) is 6.57. The first kappa shape index (κ1) is 22.5. The van der Waals surface area contributed by atoms with Crippen LogP contribution < -0.4 is 0 Å². The molecule has 2 N–H and O–H groups in total. The fourth-order valence-electron chi connectivity index (χ4n) is 2.51. The van der Waals surface area contributed by atoms with Crippen molar-refractivity contribution in [2.24, 2.45) is 0 Å². The highest BCUT2D eigenvalue weighted by Gasteiger charge is 2.36. The zero-order valence-corrected chi connectivity index (χ0v) is 17.8. The summed E-state index contributed by atoms with van der Waals surface area (Å²) in [6.07, 6.45) is 2.98. The summed E-state index contributed by atoms with van der Waals surface area (Å²) in [6, 6.07) is 3.71. The van der Waals surface area contributed by atoms with E-state index in [9.17, 15) is 14.5 Å². The molecular formula is C20H30O5P+. The van der Waals surface area contributed by atoms with E-state index in [-0.39, 0.29) is 16.6 Å². The number of hydrogen-bond donors (Lipinski definition) is 2. The lowest BCUT2D eigenvalue weighted by atomic mass is 9.78. The number of phenols is 1. The Morgan fingerprint density at radius 2 is 1.42 bits per heavy atom. The van der Waals surface area contributed by atoms with Crippen LogP contribution in [-0.4, -0.2) is 21.4 Å². The fourth-order valence-corrected chi connectivity index (χ4v) is 2.99. The van der Waals surface area contributed by atoms with Gasteiger partial charge < -0.3 is 5.11 Å². The Balaban J connectivity index is 3.37. The molecule has 0 radical (unpaired) electrons. The molecule has 5 nitrogen and oxygen atoms in total. The monoisotopic (exact) mass is 381 g/mol. The normalized spacial score (nSPS) is 14.0. The first-order chi connectivity index (χ1) is 11.6. The van der Waals surface area contributed by atoms with Crippen LogP contribution in [0, 0.1) is 0 Å². The van der Waals surface area contributed by atoms with Crippen LogP contribution >= 0.6 is 8.25 Å². The van der Waals surface area contributed by atoms with E-state index in [0.717, 1.165) is 16.7 Å². The second-order valence-corrected chi connectivity index (χ2v) is 9.66. The molecule has 1 aromatic carbocycles. The average molecular weight is 381 g/mol. The van der Waals surface area contributed by atoms with Crippen molar-refractivity contribution in [3.63, 3.8) is 0 Å². The molecule has 0 bridgehead atoms. The zero-order valence-electron chi connectivity index (χ0n) is 16.9. The lowest BCUT2D eigenvalue weighted by molar-refractivity contribution is -0.126. The maximum Gasteiger partial charge on any atom is 0.695 e. The van der Waals surface area contributed by atoms with Crippen molar-refractivity contribution >= 4 is 20.1 Å². The first-order valence-electron chi connectivity index (χ1n) is 8.51. The summed E-state index contributed by atoms with van der Waals surface area (Å²) in [4.78, 5) is 21.2. The molecule has 0 aliphatic carbocycles. The molecule has 0 aliphatic heterocycles. The molecule has 1 aromatic rings. The van der Waals surface area contributed by atoms with E-state index in [4.69, 9.17) is 9.42 Å². The van der Waals surface area contributed by atoms with Gasteiger partial charge in [-0.2, -0.15) is 0 Å². The molecule has 0 aliphatic rings. The average Bonchev–Trinajstić information content (AvgIpc) is 2.41. The quantitative estimate of drug-likeness (QED) is 0.553. The number of carbonyl (C=O) groups excluding carboxylic acids is 1. The van der Waals surface area contributed by atoms with Crippen molar-refractivity contribution in [2.75, 3.05) is 0 Å². The minimum Gasteiger partial charge on any atom is -0.507 e. The Morgan fingerprint density at radius 1 is 1.00 bits per heavy atom. The van der Waals surface area contributed by atoms with Gasteiger partial charge in [-0.1, -0.05) is 47.6 Å². The van der Waals surface area contributed by atoms with Gasteiger partial charge in [-0.25, -0.2) is 0 Å². The van der Waals surface area contributed by atoms with Gasteiger partial charge in [0.25, 0.3) is 0 Å². The van der Waals surface area contributed by atoms with Crippen LogP contribution in [0.25, 0.3) is 6.08 Å². The summed E-state index contributed by atoms with van der Waals surface area (Å²) in [7, 11) is -2.87. The number of rotatable bonds is 5. The van der Waals surface area contributed by atoms with Crippen LogP contribution in [0.15, 0.2) is 18.2 Å². The van der Waals surface area contributed by atoms with Crippen LogP contribution in [0.4, 0.5) is 0 Å². The Bertz CT molecular complexity index is 699. The molecule has 6 heteroatoms. The van der Waals surface area contributed by atoms with E-state index in [1.807, 2.05) is 53.7 Å². The van der Waals surface area contributed by atoms with Crippen LogP contribution in [0.1, 0.15) is 72.1 Å². The van der Waals surface area contributed by atoms with Crippen LogP contribution in [-0.2, 0) is 24.7 Å². The van der Waals surface area contributed by atoms with Gasteiger partial charge in [-0.15, -0.1) is 9.42 Å². The predicted molar refractivity (Wildman–Crippen MR) is 105 cm³/mol. The molecule has 1 rings (SSSR count). The maximum atomic E-state index is 12.3. The third-order valence-corrected chi connectivity index (χ3v) is 4.69. The van der Waals surface area contributed by atoms with Gasteiger partial charge in [-0.05, 0) is 48.4 Å². The van der Waals surface area contributed by atoms with E-state index < -0.39 is 19.6 Å². The van der Waals surface area contributed by atoms with E-state index in [2.05, 4.69) is 0 Å². The van der Waals surface area contributed by atoms with Gasteiger partial charge in [0.05, 0.1) is 0 Å². The summed E-state index contributed by atoms with van der Waals surface area (Å²) in [6.45, 7) is 15.0. The number of benzene rings is 1. The smallest absolute Gasteiger partial charge is 0.507 e. The number of aromatic hydroxyl groups is 1. The lowest BCUT2D eigenvalue weighted by Gasteiger charge is -2.28. The highest BCUT2D eigenvalue weighted by molar-refractivity contribution is 7.32. The molecule has 0 heterocycles. The molecule has 0 saturated carbocycles. The molecule has 144 valence electrons. The molecule has 1 unspecified atom stereocenters. The van der Waals surface area contributed by atoms with E-state index in [1.165, 1.54) is 19.9 Å². The SMILES string of the molecule is CC(C)(O[P+](=O)O)C(=O)/C=C/c1cc(C(C)(C)C)c(O)c(C(C)(C)C)c1. The van der Waals surface area contributed by atoms with Gasteiger partial charge in [0.15, 0.2) is 11.4 Å². The third kappa shape index (κ3) is 5.73. The molecule has 0 saturated heterocycles. The van der Waals surface area contributed by atoms with Gasteiger partial charge in [0.1, 0.15) is 5.75 Å². The Hall–Kier alpha value is -1.55. The number of ketones is 1. The molecule has 0 aromatic heterocycles. The summed E-state index contributed by atoms with van der Waals surface area (Å²) < 4.78 is 15.6. The van der Waals surface area contributed by atoms with Gasteiger partial charge in [0.2, 0.25) is 0 Å². The second-order valence-electron chi connectivity index (χ2n) is 9.00. The van der Waals surface area contributed by atoms with Crippen molar-refractivity contribution in [3.8, 4) is 5.75 Å². The summed E-state index contributed by atoms with van der Waals surface area (Å²) in [5.74, 6) is -0.146. The molecule has 1 atom stereocenters. The van der Waals surface area contributed by atoms with Crippen molar-refractivity contribution in [1.82, 2.24) is 0 Å². The van der Waals surface area contributed by atoms with E-state index >= 15 is 0 Å². The van der Waals surface area contributed by atoms with Crippen molar-refractivity contribution in [3.05, 3.63) is 34.9 Å². The van der Waals surface area contributed by atoms with Gasteiger partial charge in [0, 0.05) is 15.7 Å². The molecule has 0 spiro atoms.